The number of ether oxygens (including phenoxy) is 1. The number of nitro benzene ring substituents is 1. The Labute approximate surface area is 200 Å². The van der Waals surface area contributed by atoms with E-state index in [4.69, 9.17) is 23.2 Å². The molecule has 1 aliphatic rings. The number of hydrogen-bond donors (Lipinski definition) is 1. The zero-order valence-electron chi connectivity index (χ0n) is 16.7. The predicted octanol–water partition coefficient (Wildman–Crippen LogP) is 4.36. The van der Waals surface area contributed by atoms with Gasteiger partial charge in [-0.05, 0) is 47.7 Å². The molecule has 1 fully saturated rings. The normalized spacial score (nSPS) is 14.5. The van der Waals surface area contributed by atoms with Crippen LogP contribution < -0.4 is 5.32 Å². The number of amides is 3. The van der Waals surface area contributed by atoms with Crippen molar-refractivity contribution in [3.63, 3.8) is 0 Å². The highest BCUT2D eigenvalue weighted by Crippen LogP contribution is 2.33. The Balaban J connectivity index is 1.73. The van der Waals surface area contributed by atoms with Crippen LogP contribution in [0.4, 0.5) is 16.2 Å². The third-order valence-corrected chi connectivity index (χ3v) is 5.85. The molecule has 0 unspecified atom stereocenters. The molecule has 3 rings (SSSR count). The number of esters is 1. The van der Waals surface area contributed by atoms with Crippen LogP contribution in [0.1, 0.15) is 15.9 Å². The van der Waals surface area contributed by atoms with Crippen molar-refractivity contribution in [2.45, 2.75) is 0 Å². The number of thioether (sulfide) groups is 1. The minimum Gasteiger partial charge on any atom is -0.465 e. The van der Waals surface area contributed by atoms with Gasteiger partial charge < -0.3 is 10.1 Å². The standard InChI is InChI=1S/C20H13Cl2N3O7S/c1-32-19(28)12-8-11(3-5-13(12)21)23-17(26)9-24-18(27)16(33-20(24)29)7-10-2-4-14(22)15(6-10)25(30)31/h2-8H,9H2,1H3,(H,23,26)/b16-7-. The zero-order chi connectivity index (χ0) is 24.3. The van der Waals surface area contributed by atoms with Crippen LogP contribution in [-0.4, -0.2) is 46.5 Å². The summed E-state index contributed by atoms with van der Waals surface area (Å²) in [5.41, 5.74) is 0.180. The highest BCUT2D eigenvalue weighted by molar-refractivity contribution is 8.18. The first-order valence-electron chi connectivity index (χ1n) is 8.97. The smallest absolute Gasteiger partial charge is 0.339 e. The van der Waals surface area contributed by atoms with Gasteiger partial charge in [0.05, 0.1) is 27.5 Å². The average Bonchev–Trinajstić information content (AvgIpc) is 3.02. The number of rotatable bonds is 6. The highest BCUT2D eigenvalue weighted by atomic mass is 35.5. The summed E-state index contributed by atoms with van der Waals surface area (Å²) >= 11 is 12.3. The lowest BCUT2D eigenvalue weighted by Crippen LogP contribution is -2.36. The van der Waals surface area contributed by atoms with Gasteiger partial charge in [-0.3, -0.25) is 29.4 Å². The summed E-state index contributed by atoms with van der Waals surface area (Å²) in [6.07, 6.45) is 1.30. The lowest BCUT2D eigenvalue weighted by Gasteiger charge is -2.13. The Hall–Kier alpha value is -3.41. The Bertz CT molecular complexity index is 1230. The van der Waals surface area contributed by atoms with E-state index in [2.05, 4.69) is 10.1 Å². The van der Waals surface area contributed by atoms with Gasteiger partial charge in [-0.1, -0.05) is 29.3 Å². The van der Waals surface area contributed by atoms with E-state index in [1.807, 2.05) is 0 Å². The first kappa shape index (κ1) is 24.2. The van der Waals surface area contributed by atoms with Crippen LogP contribution in [0.5, 0.6) is 0 Å². The number of nitrogens with zero attached hydrogens (tertiary/aromatic N) is 2. The molecule has 1 heterocycles. The van der Waals surface area contributed by atoms with Gasteiger partial charge in [-0.25, -0.2) is 4.79 Å². The summed E-state index contributed by atoms with van der Waals surface area (Å²) in [4.78, 5) is 60.1. The number of benzene rings is 2. The zero-order valence-corrected chi connectivity index (χ0v) is 19.0. The maximum Gasteiger partial charge on any atom is 0.339 e. The number of carbonyl (C=O) groups is 4. The first-order valence-corrected chi connectivity index (χ1v) is 10.5. The van der Waals surface area contributed by atoms with Gasteiger partial charge in [0.2, 0.25) is 5.91 Å². The maximum absolute atomic E-state index is 12.6. The van der Waals surface area contributed by atoms with Crippen molar-refractivity contribution in [3.05, 3.63) is 72.6 Å². The third-order valence-electron chi connectivity index (χ3n) is 4.30. The molecule has 2 aromatic carbocycles. The Morgan fingerprint density at radius 1 is 1.18 bits per heavy atom. The fourth-order valence-corrected chi connectivity index (χ4v) is 3.98. The molecule has 0 spiro atoms. The molecule has 13 heteroatoms. The van der Waals surface area contributed by atoms with E-state index >= 15 is 0 Å². The van der Waals surface area contributed by atoms with Crippen molar-refractivity contribution in [2.24, 2.45) is 0 Å². The second-order valence-electron chi connectivity index (χ2n) is 6.47. The molecule has 0 aromatic heterocycles. The second-order valence-corrected chi connectivity index (χ2v) is 8.28. The molecule has 0 atom stereocenters. The van der Waals surface area contributed by atoms with Crippen LogP contribution in [0, 0.1) is 10.1 Å². The van der Waals surface area contributed by atoms with Gasteiger partial charge in [0.25, 0.3) is 16.8 Å². The van der Waals surface area contributed by atoms with Gasteiger partial charge >= 0.3 is 5.97 Å². The fourth-order valence-electron chi connectivity index (χ4n) is 2.76. The van der Waals surface area contributed by atoms with E-state index in [9.17, 15) is 29.3 Å². The van der Waals surface area contributed by atoms with Gasteiger partial charge in [0.1, 0.15) is 11.6 Å². The number of carbonyl (C=O) groups excluding carboxylic acids is 4. The lowest BCUT2D eigenvalue weighted by molar-refractivity contribution is -0.384. The molecule has 1 saturated heterocycles. The van der Waals surface area contributed by atoms with E-state index < -0.39 is 34.5 Å². The number of anilines is 1. The summed E-state index contributed by atoms with van der Waals surface area (Å²) in [5, 5.41) is 12.9. The van der Waals surface area contributed by atoms with E-state index in [0.717, 1.165) is 4.90 Å². The quantitative estimate of drug-likeness (QED) is 0.262. The number of imide groups is 1. The molecule has 33 heavy (non-hydrogen) atoms. The Morgan fingerprint density at radius 2 is 1.88 bits per heavy atom. The first-order chi connectivity index (χ1) is 15.6. The van der Waals surface area contributed by atoms with Crippen molar-refractivity contribution in [3.8, 4) is 0 Å². The minimum atomic E-state index is -0.732. The highest BCUT2D eigenvalue weighted by Gasteiger charge is 2.36. The van der Waals surface area contributed by atoms with E-state index in [1.54, 1.807) is 0 Å². The van der Waals surface area contributed by atoms with E-state index in [1.165, 1.54) is 49.6 Å². The van der Waals surface area contributed by atoms with Crippen LogP contribution in [0.3, 0.4) is 0 Å². The summed E-state index contributed by atoms with van der Waals surface area (Å²) in [7, 11) is 1.18. The molecular weight excluding hydrogens is 497 g/mol. The van der Waals surface area contributed by atoms with Gasteiger partial charge in [-0.15, -0.1) is 0 Å². The Kier molecular flexibility index (Phi) is 7.36. The van der Waals surface area contributed by atoms with Crippen LogP contribution in [-0.2, 0) is 14.3 Å². The van der Waals surface area contributed by atoms with Crippen molar-refractivity contribution in [2.75, 3.05) is 19.0 Å². The number of halogens is 2. The fraction of sp³-hybridized carbons (Fsp3) is 0.100. The summed E-state index contributed by atoms with van der Waals surface area (Å²) < 4.78 is 4.61. The van der Waals surface area contributed by atoms with Crippen molar-refractivity contribution in [1.29, 1.82) is 0 Å². The van der Waals surface area contributed by atoms with Crippen molar-refractivity contribution >= 4 is 75.4 Å². The molecule has 2 aromatic rings. The van der Waals surface area contributed by atoms with Crippen LogP contribution in [0.25, 0.3) is 6.08 Å². The summed E-state index contributed by atoms with van der Waals surface area (Å²) in [6.45, 7) is -0.584. The van der Waals surface area contributed by atoms with Crippen LogP contribution in [0.15, 0.2) is 41.3 Å². The molecule has 3 amide bonds. The molecule has 10 nitrogen and oxygen atoms in total. The molecular formula is C20H13Cl2N3O7S. The van der Waals surface area contributed by atoms with Crippen molar-refractivity contribution < 1.29 is 28.8 Å². The predicted molar refractivity (Wildman–Crippen MR) is 122 cm³/mol. The molecule has 0 bridgehead atoms. The van der Waals surface area contributed by atoms with Gasteiger partial charge in [0.15, 0.2) is 0 Å². The summed E-state index contributed by atoms with van der Waals surface area (Å²) in [5.74, 6) is -2.13. The van der Waals surface area contributed by atoms with Gasteiger partial charge in [-0.2, -0.15) is 0 Å². The summed E-state index contributed by atoms with van der Waals surface area (Å²) in [6, 6.07) is 8.05. The lowest BCUT2D eigenvalue weighted by atomic mass is 10.2. The topological polar surface area (TPSA) is 136 Å². The molecule has 1 N–H and O–H groups in total. The number of hydrogen-bond acceptors (Lipinski definition) is 8. The molecule has 1 aliphatic heterocycles. The van der Waals surface area contributed by atoms with Crippen LogP contribution >= 0.6 is 35.0 Å². The van der Waals surface area contributed by atoms with Crippen molar-refractivity contribution in [1.82, 2.24) is 4.90 Å². The van der Waals surface area contributed by atoms with E-state index in [-0.39, 0.29) is 37.5 Å². The van der Waals surface area contributed by atoms with Gasteiger partial charge in [0, 0.05) is 11.8 Å². The monoisotopic (exact) mass is 509 g/mol. The molecule has 170 valence electrons. The number of methoxy groups -OCH3 is 1. The van der Waals surface area contributed by atoms with Crippen LogP contribution in [0.2, 0.25) is 10.0 Å². The molecule has 0 saturated carbocycles. The average molecular weight is 510 g/mol. The molecule has 0 aliphatic carbocycles. The second kappa shape index (κ2) is 10.0. The van der Waals surface area contributed by atoms with E-state index in [0.29, 0.717) is 11.8 Å². The number of nitro groups is 1. The number of nitrogens with one attached hydrogen (secondary N) is 1. The molecule has 0 radical (unpaired) electrons. The Morgan fingerprint density at radius 3 is 2.55 bits per heavy atom. The third kappa shape index (κ3) is 5.51. The maximum atomic E-state index is 12.6. The minimum absolute atomic E-state index is 0.0103. The largest absolute Gasteiger partial charge is 0.465 e. The SMILES string of the molecule is COC(=O)c1cc(NC(=O)CN2C(=O)S/C(=C\c3ccc(Cl)c([N+](=O)[O-])c3)C2=O)ccc1Cl.